The SMILES string of the molecule is C[C@]1(F)[C@@H](n2ccc(NC(=O)c3ccccc3)nc2=O)O[C@@H](COC(=O)c2ccccc2)[C@@H]1OC(=O)c1ccccc1. The first-order valence-electron chi connectivity index (χ1n) is 13.0. The normalized spacial score (nSPS) is 21.3. The van der Waals surface area contributed by atoms with Crippen LogP contribution in [0.4, 0.5) is 10.2 Å². The van der Waals surface area contributed by atoms with Gasteiger partial charge < -0.3 is 19.5 Å². The molecule has 1 aliphatic rings. The Morgan fingerprint density at radius 1 is 0.881 bits per heavy atom. The Bertz CT molecular complexity index is 1630. The van der Waals surface area contributed by atoms with Gasteiger partial charge in [0.2, 0.25) is 0 Å². The molecule has 3 aromatic carbocycles. The predicted molar refractivity (Wildman–Crippen MR) is 149 cm³/mol. The molecule has 1 aromatic heterocycles. The van der Waals surface area contributed by atoms with Gasteiger partial charge in [-0.3, -0.25) is 9.36 Å². The van der Waals surface area contributed by atoms with E-state index in [-0.39, 0.29) is 16.9 Å². The van der Waals surface area contributed by atoms with Crippen LogP contribution in [-0.4, -0.2) is 51.9 Å². The van der Waals surface area contributed by atoms with Gasteiger partial charge in [-0.25, -0.2) is 18.8 Å². The Balaban J connectivity index is 1.39. The zero-order valence-corrected chi connectivity index (χ0v) is 22.4. The van der Waals surface area contributed by atoms with Gasteiger partial charge in [-0.2, -0.15) is 4.98 Å². The first kappa shape index (κ1) is 28.4. The van der Waals surface area contributed by atoms with Crippen LogP contribution in [0.15, 0.2) is 108 Å². The molecule has 0 unspecified atom stereocenters. The lowest BCUT2D eigenvalue weighted by Crippen LogP contribution is -2.45. The number of nitrogens with zero attached hydrogens (tertiary/aromatic N) is 2. The number of rotatable bonds is 8. The number of amides is 1. The van der Waals surface area contributed by atoms with Gasteiger partial charge in [0.05, 0.1) is 11.1 Å². The van der Waals surface area contributed by atoms with Crippen LogP contribution < -0.4 is 11.0 Å². The summed E-state index contributed by atoms with van der Waals surface area (Å²) in [7, 11) is 0. The molecule has 0 radical (unpaired) electrons. The van der Waals surface area contributed by atoms with Crippen molar-refractivity contribution in [2.45, 2.75) is 31.0 Å². The summed E-state index contributed by atoms with van der Waals surface area (Å²) in [6.45, 7) is 0.654. The smallest absolute Gasteiger partial charge is 0.351 e. The van der Waals surface area contributed by atoms with Crippen LogP contribution in [0.25, 0.3) is 0 Å². The second kappa shape index (κ2) is 12.1. The van der Waals surface area contributed by atoms with Crippen LogP contribution in [0, 0.1) is 0 Å². The number of carbonyl (C=O) groups is 3. The number of anilines is 1. The van der Waals surface area contributed by atoms with Gasteiger partial charge in [0, 0.05) is 11.8 Å². The summed E-state index contributed by atoms with van der Waals surface area (Å²) in [5.41, 5.74) is -2.59. The highest BCUT2D eigenvalue weighted by molar-refractivity contribution is 6.03. The van der Waals surface area contributed by atoms with Crippen molar-refractivity contribution in [1.82, 2.24) is 9.55 Å². The van der Waals surface area contributed by atoms with Crippen LogP contribution in [-0.2, 0) is 14.2 Å². The lowest BCUT2D eigenvalue weighted by molar-refractivity contribution is -0.0648. The third kappa shape index (κ3) is 6.11. The molecule has 5 rings (SSSR count). The summed E-state index contributed by atoms with van der Waals surface area (Å²) in [5.74, 6) is -2.05. The Morgan fingerprint density at radius 2 is 1.43 bits per heavy atom. The number of ether oxygens (including phenoxy) is 3. The molecule has 0 spiro atoms. The molecule has 0 aliphatic carbocycles. The molecule has 214 valence electrons. The zero-order chi connectivity index (χ0) is 29.7. The number of nitrogens with one attached hydrogen (secondary N) is 1. The fraction of sp³-hybridized carbons (Fsp3) is 0.194. The number of carbonyl (C=O) groups excluding carboxylic acids is 3. The molecule has 4 atom stereocenters. The number of benzene rings is 3. The summed E-state index contributed by atoms with van der Waals surface area (Å²) in [4.78, 5) is 54.8. The zero-order valence-electron chi connectivity index (χ0n) is 22.4. The van der Waals surface area contributed by atoms with E-state index >= 15 is 4.39 Å². The molecule has 11 heteroatoms. The largest absolute Gasteiger partial charge is 0.459 e. The van der Waals surface area contributed by atoms with E-state index in [0.29, 0.717) is 5.56 Å². The Labute approximate surface area is 239 Å². The minimum absolute atomic E-state index is 0.0518. The first-order valence-corrected chi connectivity index (χ1v) is 13.0. The maximum Gasteiger partial charge on any atom is 0.351 e. The molecule has 0 bridgehead atoms. The fourth-order valence-electron chi connectivity index (χ4n) is 4.54. The van der Waals surface area contributed by atoms with Crippen molar-refractivity contribution in [3.8, 4) is 0 Å². The van der Waals surface area contributed by atoms with E-state index in [1.54, 1.807) is 78.9 Å². The highest BCUT2D eigenvalue weighted by Gasteiger charge is 2.58. The Kier molecular flexibility index (Phi) is 8.21. The maximum absolute atomic E-state index is 16.5. The van der Waals surface area contributed by atoms with Crippen molar-refractivity contribution in [2.75, 3.05) is 11.9 Å². The van der Waals surface area contributed by atoms with Crippen molar-refractivity contribution in [3.63, 3.8) is 0 Å². The number of hydrogen-bond acceptors (Lipinski definition) is 8. The second-order valence-corrected chi connectivity index (χ2v) is 9.66. The minimum atomic E-state index is -2.46. The molecule has 1 saturated heterocycles. The maximum atomic E-state index is 16.5. The molecule has 4 aromatic rings. The average Bonchev–Trinajstić information content (AvgIpc) is 3.25. The topological polar surface area (TPSA) is 126 Å². The molecule has 1 N–H and O–H groups in total. The fourth-order valence-corrected chi connectivity index (χ4v) is 4.54. The molecular formula is C31H26FN3O7. The molecule has 1 aliphatic heterocycles. The number of halogens is 1. The van der Waals surface area contributed by atoms with Crippen LogP contribution in [0.2, 0.25) is 0 Å². The summed E-state index contributed by atoms with van der Waals surface area (Å²) >= 11 is 0. The van der Waals surface area contributed by atoms with Crippen LogP contribution >= 0.6 is 0 Å². The Morgan fingerprint density at radius 3 is 2.00 bits per heavy atom. The lowest BCUT2D eigenvalue weighted by Gasteiger charge is -2.27. The molecule has 1 amide bonds. The van der Waals surface area contributed by atoms with Crippen molar-refractivity contribution >= 4 is 23.7 Å². The minimum Gasteiger partial charge on any atom is -0.459 e. The molecule has 42 heavy (non-hydrogen) atoms. The van der Waals surface area contributed by atoms with Crippen LogP contribution in [0.1, 0.15) is 44.2 Å². The number of esters is 2. The summed E-state index contributed by atoms with van der Waals surface area (Å²) in [6.07, 6.45) is -3.23. The van der Waals surface area contributed by atoms with E-state index in [2.05, 4.69) is 10.3 Å². The van der Waals surface area contributed by atoms with Crippen molar-refractivity contribution < 1.29 is 33.0 Å². The van der Waals surface area contributed by atoms with E-state index < -0.39 is 54.2 Å². The van der Waals surface area contributed by atoms with Crippen molar-refractivity contribution in [1.29, 1.82) is 0 Å². The summed E-state index contributed by atoms with van der Waals surface area (Å²) < 4.78 is 34.2. The highest BCUT2D eigenvalue weighted by Crippen LogP contribution is 2.43. The number of hydrogen-bond donors (Lipinski definition) is 1. The molecule has 1 fully saturated rings. The summed E-state index contributed by atoms with van der Waals surface area (Å²) in [6, 6.07) is 25.8. The van der Waals surface area contributed by atoms with Crippen molar-refractivity contribution in [3.05, 3.63) is 130 Å². The molecule has 10 nitrogen and oxygen atoms in total. The van der Waals surface area contributed by atoms with Gasteiger partial charge in [-0.15, -0.1) is 0 Å². The number of aromatic nitrogens is 2. The lowest BCUT2D eigenvalue weighted by atomic mass is 9.98. The monoisotopic (exact) mass is 571 g/mol. The Hall–Kier alpha value is -5.16. The average molecular weight is 572 g/mol. The second-order valence-electron chi connectivity index (χ2n) is 9.66. The van der Waals surface area contributed by atoms with Gasteiger partial charge in [0.1, 0.15) is 18.5 Å². The van der Waals surface area contributed by atoms with E-state index in [1.807, 2.05) is 0 Å². The number of alkyl halides is 1. The molecule has 0 saturated carbocycles. The third-order valence-corrected chi connectivity index (χ3v) is 6.67. The van der Waals surface area contributed by atoms with Crippen molar-refractivity contribution in [2.24, 2.45) is 0 Å². The van der Waals surface area contributed by atoms with Crippen LogP contribution in [0.3, 0.4) is 0 Å². The van der Waals surface area contributed by atoms with Gasteiger partial charge in [-0.05, 0) is 49.4 Å². The van der Waals surface area contributed by atoms with E-state index in [1.165, 1.54) is 24.4 Å². The van der Waals surface area contributed by atoms with E-state index in [0.717, 1.165) is 11.5 Å². The van der Waals surface area contributed by atoms with E-state index in [9.17, 15) is 19.2 Å². The van der Waals surface area contributed by atoms with Gasteiger partial charge in [0.15, 0.2) is 18.0 Å². The quantitative estimate of drug-likeness (QED) is 0.312. The van der Waals surface area contributed by atoms with Crippen LogP contribution in [0.5, 0.6) is 0 Å². The van der Waals surface area contributed by atoms with Gasteiger partial charge in [-0.1, -0.05) is 54.6 Å². The summed E-state index contributed by atoms with van der Waals surface area (Å²) in [5, 5.41) is 2.52. The standard InChI is InChI=1S/C31H26FN3O7/c1-31(32)25(42-28(38)22-15-9-4-10-16-22)23(19-40-27(37)21-13-7-3-8-14-21)41-29(31)35-18-17-24(34-30(35)39)33-26(36)20-11-5-2-6-12-20/h2-18,23,25,29H,19H2,1H3,(H,33,34,36,39)/t23-,25-,29-,31+/m0/s1. The third-order valence-electron chi connectivity index (χ3n) is 6.67. The van der Waals surface area contributed by atoms with Gasteiger partial charge in [0.25, 0.3) is 5.91 Å². The highest BCUT2D eigenvalue weighted by atomic mass is 19.1. The first-order chi connectivity index (χ1) is 20.2. The molecular weight excluding hydrogens is 545 g/mol. The van der Waals surface area contributed by atoms with Gasteiger partial charge >= 0.3 is 17.6 Å². The van der Waals surface area contributed by atoms with E-state index in [4.69, 9.17) is 14.2 Å². The predicted octanol–water partition coefficient (Wildman–Crippen LogP) is 4.20. The molecule has 2 heterocycles.